The molecule has 3 heteroatoms. The molecule has 0 aliphatic heterocycles. The van der Waals surface area contributed by atoms with Crippen LogP contribution in [0.2, 0.25) is 0 Å². The number of ketones is 1. The van der Waals surface area contributed by atoms with Crippen molar-refractivity contribution < 1.29 is 13.6 Å². The van der Waals surface area contributed by atoms with E-state index in [4.69, 9.17) is 0 Å². The molecule has 0 radical (unpaired) electrons. The van der Waals surface area contributed by atoms with E-state index in [0.717, 1.165) is 17.2 Å². The summed E-state index contributed by atoms with van der Waals surface area (Å²) in [5, 5.41) is 0. The molecule has 0 unspecified atom stereocenters. The van der Waals surface area contributed by atoms with Crippen molar-refractivity contribution in [1.29, 1.82) is 0 Å². The van der Waals surface area contributed by atoms with Crippen molar-refractivity contribution in [3.05, 3.63) is 70.8 Å². The molecule has 0 bridgehead atoms. The minimum Gasteiger partial charge on any atom is -0.299 e. The molecule has 0 spiro atoms. The summed E-state index contributed by atoms with van der Waals surface area (Å²) in [6.07, 6.45) is 0.147. The highest BCUT2D eigenvalue weighted by molar-refractivity contribution is 5.83. The first-order valence-electron chi connectivity index (χ1n) is 6.06. The van der Waals surface area contributed by atoms with Crippen LogP contribution < -0.4 is 0 Å². The maximum Gasteiger partial charge on any atom is 0.162 e. The standard InChI is InChI=1S/C16H14F2O/c1-11-5-7-12(8-6-11)9-14(19)10-13-3-2-4-15(17)16(13)18/h2-8H,9-10H2,1H3. The van der Waals surface area contributed by atoms with Crippen LogP contribution in [0.25, 0.3) is 0 Å². The Hall–Kier alpha value is -2.03. The molecule has 2 rings (SSSR count). The Morgan fingerprint density at radius 1 is 1.00 bits per heavy atom. The van der Waals surface area contributed by atoms with Gasteiger partial charge in [-0.15, -0.1) is 0 Å². The zero-order chi connectivity index (χ0) is 13.8. The van der Waals surface area contributed by atoms with Gasteiger partial charge in [-0.25, -0.2) is 8.78 Å². The largest absolute Gasteiger partial charge is 0.299 e. The van der Waals surface area contributed by atoms with Crippen molar-refractivity contribution >= 4 is 5.78 Å². The van der Waals surface area contributed by atoms with Crippen LogP contribution in [0.3, 0.4) is 0 Å². The molecule has 0 aromatic heterocycles. The van der Waals surface area contributed by atoms with Gasteiger partial charge in [-0.1, -0.05) is 42.0 Å². The summed E-state index contributed by atoms with van der Waals surface area (Å²) >= 11 is 0. The third-order valence-corrected chi connectivity index (χ3v) is 2.94. The van der Waals surface area contributed by atoms with Gasteiger partial charge in [0.2, 0.25) is 0 Å². The number of carbonyl (C=O) groups is 1. The second-order valence-electron chi connectivity index (χ2n) is 4.59. The SMILES string of the molecule is Cc1ccc(CC(=O)Cc2cccc(F)c2F)cc1. The van der Waals surface area contributed by atoms with Crippen LogP contribution in [0, 0.1) is 18.6 Å². The van der Waals surface area contributed by atoms with Gasteiger partial charge in [0, 0.05) is 12.8 Å². The topological polar surface area (TPSA) is 17.1 Å². The first-order chi connectivity index (χ1) is 9.06. The van der Waals surface area contributed by atoms with Crippen molar-refractivity contribution in [2.24, 2.45) is 0 Å². The van der Waals surface area contributed by atoms with Gasteiger partial charge in [0.05, 0.1) is 0 Å². The Bertz CT molecular complexity index is 588. The number of Topliss-reactive ketones (excluding diaryl/α,β-unsaturated/α-hetero) is 1. The van der Waals surface area contributed by atoms with Crippen LogP contribution in [-0.4, -0.2) is 5.78 Å². The lowest BCUT2D eigenvalue weighted by molar-refractivity contribution is -0.117. The summed E-state index contributed by atoms with van der Waals surface area (Å²) in [7, 11) is 0. The number of benzene rings is 2. The lowest BCUT2D eigenvalue weighted by atomic mass is 10.0. The van der Waals surface area contributed by atoms with Crippen LogP contribution in [-0.2, 0) is 17.6 Å². The number of hydrogen-bond acceptors (Lipinski definition) is 1. The molecule has 2 aromatic rings. The number of carbonyl (C=O) groups excluding carboxylic acids is 1. The van der Waals surface area contributed by atoms with Gasteiger partial charge in [0.1, 0.15) is 5.78 Å². The van der Waals surface area contributed by atoms with Gasteiger partial charge in [0.15, 0.2) is 11.6 Å². The van der Waals surface area contributed by atoms with Crippen LogP contribution in [0.5, 0.6) is 0 Å². The fourth-order valence-corrected chi connectivity index (χ4v) is 1.89. The molecule has 2 aromatic carbocycles. The first-order valence-corrected chi connectivity index (χ1v) is 6.06. The van der Waals surface area contributed by atoms with Gasteiger partial charge < -0.3 is 0 Å². The van der Waals surface area contributed by atoms with E-state index in [1.54, 1.807) is 0 Å². The molecule has 0 heterocycles. The molecule has 0 aliphatic carbocycles. The van der Waals surface area contributed by atoms with Crippen molar-refractivity contribution in [1.82, 2.24) is 0 Å². The highest BCUT2D eigenvalue weighted by atomic mass is 19.2. The lowest BCUT2D eigenvalue weighted by Gasteiger charge is -2.04. The molecule has 0 aliphatic rings. The molecule has 0 fully saturated rings. The summed E-state index contributed by atoms with van der Waals surface area (Å²) in [5.41, 5.74) is 2.11. The van der Waals surface area contributed by atoms with Crippen molar-refractivity contribution in [2.75, 3.05) is 0 Å². The summed E-state index contributed by atoms with van der Waals surface area (Å²) in [4.78, 5) is 11.8. The van der Waals surface area contributed by atoms with Gasteiger partial charge in [-0.3, -0.25) is 4.79 Å². The fourth-order valence-electron chi connectivity index (χ4n) is 1.89. The number of rotatable bonds is 4. The fraction of sp³-hybridized carbons (Fsp3) is 0.188. The van der Waals surface area contributed by atoms with Gasteiger partial charge in [-0.2, -0.15) is 0 Å². The highest BCUT2D eigenvalue weighted by Crippen LogP contribution is 2.13. The van der Waals surface area contributed by atoms with Gasteiger partial charge in [0.25, 0.3) is 0 Å². The highest BCUT2D eigenvalue weighted by Gasteiger charge is 2.12. The van der Waals surface area contributed by atoms with E-state index in [0.29, 0.717) is 0 Å². The molecular formula is C16H14F2O. The Balaban J connectivity index is 2.05. The first kappa shape index (κ1) is 13.4. The maximum atomic E-state index is 13.4. The summed E-state index contributed by atoms with van der Waals surface area (Å²) < 4.78 is 26.4. The Morgan fingerprint density at radius 2 is 1.68 bits per heavy atom. The summed E-state index contributed by atoms with van der Waals surface area (Å²) in [5.74, 6) is -1.98. The van der Waals surface area contributed by atoms with E-state index in [1.165, 1.54) is 12.1 Å². The van der Waals surface area contributed by atoms with E-state index in [1.807, 2.05) is 31.2 Å². The normalized spacial score (nSPS) is 10.5. The van der Waals surface area contributed by atoms with Crippen LogP contribution >= 0.6 is 0 Å². The average Bonchev–Trinajstić information content (AvgIpc) is 2.38. The molecular weight excluding hydrogens is 246 g/mol. The number of hydrogen-bond donors (Lipinski definition) is 0. The third kappa shape index (κ3) is 3.47. The Morgan fingerprint density at radius 3 is 2.37 bits per heavy atom. The lowest BCUT2D eigenvalue weighted by Crippen LogP contribution is -2.08. The number of halogens is 2. The van der Waals surface area contributed by atoms with Crippen molar-refractivity contribution in [3.63, 3.8) is 0 Å². The van der Waals surface area contributed by atoms with E-state index in [-0.39, 0.29) is 24.2 Å². The summed E-state index contributed by atoms with van der Waals surface area (Å²) in [6, 6.07) is 11.5. The zero-order valence-corrected chi connectivity index (χ0v) is 10.6. The molecule has 1 nitrogen and oxygen atoms in total. The van der Waals surface area contributed by atoms with Gasteiger partial charge in [-0.05, 0) is 24.1 Å². The quantitative estimate of drug-likeness (QED) is 0.820. The smallest absolute Gasteiger partial charge is 0.162 e. The van der Waals surface area contributed by atoms with Crippen molar-refractivity contribution in [3.8, 4) is 0 Å². The zero-order valence-electron chi connectivity index (χ0n) is 10.6. The Labute approximate surface area is 110 Å². The van der Waals surface area contributed by atoms with Crippen LogP contribution in [0.15, 0.2) is 42.5 Å². The van der Waals surface area contributed by atoms with E-state index < -0.39 is 11.6 Å². The second kappa shape index (κ2) is 5.74. The summed E-state index contributed by atoms with van der Waals surface area (Å²) in [6.45, 7) is 1.97. The second-order valence-corrected chi connectivity index (χ2v) is 4.59. The van der Waals surface area contributed by atoms with Crippen LogP contribution in [0.1, 0.15) is 16.7 Å². The van der Waals surface area contributed by atoms with E-state index >= 15 is 0 Å². The van der Waals surface area contributed by atoms with Crippen LogP contribution in [0.4, 0.5) is 8.78 Å². The molecule has 0 N–H and O–H groups in total. The molecule has 0 saturated heterocycles. The predicted molar refractivity (Wildman–Crippen MR) is 70.0 cm³/mol. The predicted octanol–water partition coefficient (Wildman–Crippen LogP) is 3.63. The molecule has 98 valence electrons. The minimum absolute atomic E-state index is 0.0858. The molecule has 0 saturated carbocycles. The maximum absolute atomic E-state index is 13.4. The average molecular weight is 260 g/mol. The van der Waals surface area contributed by atoms with E-state index in [2.05, 4.69) is 0 Å². The van der Waals surface area contributed by atoms with E-state index in [9.17, 15) is 13.6 Å². The monoisotopic (exact) mass is 260 g/mol. The molecule has 19 heavy (non-hydrogen) atoms. The minimum atomic E-state index is -0.931. The van der Waals surface area contributed by atoms with Gasteiger partial charge >= 0.3 is 0 Å². The number of aryl methyl sites for hydroxylation is 1. The third-order valence-electron chi connectivity index (χ3n) is 2.94. The molecule has 0 atom stereocenters. The van der Waals surface area contributed by atoms with Crippen molar-refractivity contribution in [2.45, 2.75) is 19.8 Å². The Kier molecular flexibility index (Phi) is 4.05. The molecule has 0 amide bonds.